The monoisotopic (exact) mass is 242 g/mol. The highest BCUT2D eigenvalue weighted by Gasteiger charge is 2.24. The molecule has 0 bridgehead atoms. The minimum atomic E-state index is -1.02. The first-order chi connectivity index (χ1) is 7.81. The lowest BCUT2D eigenvalue weighted by molar-refractivity contribution is -0.137. The maximum absolute atomic E-state index is 12.1. The van der Waals surface area contributed by atoms with Gasteiger partial charge in [-0.25, -0.2) is 4.79 Å². The third-order valence-electron chi connectivity index (χ3n) is 2.82. The Balaban J connectivity index is 4.70. The van der Waals surface area contributed by atoms with Crippen molar-refractivity contribution in [2.45, 2.75) is 26.8 Å². The number of amides is 2. The predicted molar refractivity (Wildman–Crippen MR) is 66.9 cm³/mol. The lowest BCUT2D eigenvalue weighted by Gasteiger charge is -2.32. The lowest BCUT2D eigenvalue weighted by atomic mass is 10.1. The summed E-state index contributed by atoms with van der Waals surface area (Å²) >= 11 is 0. The van der Waals surface area contributed by atoms with Gasteiger partial charge >= 0.3 is 12.0 Å². The SMILES string of the molecule is C=CCN(CC(=O)O)C(=O)N(C)C(C)C(C)C. The summed E-state index contributed by atoms with van der Waals surface area (Å²) in [6.07, 6.45) is 1.52. The number of aliphatic carboxylic acids is 1. The molecule has 0 spiro atoms. The first kappa shape index (κ1) is 15.5. The van der Waals surface area contributed by atoms with Crippen molar-refractivity contribution in [2.75, 3.05) is 20.1 Å². The average molecular weight is 242 g/mol. The summed E-state index contributed by atoms with van der Waals surface area (Å²) in [5.74, 6) is -0.704. The Hall–Kier alpha value is -1.52. The fourth-order valence-corrected chi connectivity index (χ4v) is 1.37. The molecule has 0 aromatic heterocycles. The van der Waals surface area contributed by atoms with E-state index in [1.165, 1.54) is 11.0 Å². The Bertz CT molecular complexity index is 289. The van der Waals surface area contributed by atoms with Gasteiger partial charge in [-0.05, 0) is 12.8 Å². The Kier molecular flexibility index (Phi) is 6.31. The van der Waals surface area contributed by atoms with Crippen molar-refractivity contribution in [1.82, 2.24) is 9.80 Å². The minimum absolute atomic E-state index is 0.0589. The zero-order valence-corrected chi connectivity index (χ0v) is 11.0. The van der Waals surface area contributed by atoms with E-state index in [-0.39, 0.29) is 25.2 Å². The van der Waals surface area contributed by atoms with Crippen LogP contribution in [0.4, 0.5) is 4.79 Å². The van der Waals surface area contributed by atoms with Gasteiger partial charge in [-0.3, -0.25) is 4.79 Å². The Morgan fingerprint density at radius 2 is 1.88 bits per heavy atom. The van der Waals surface area contributed by atoms with Gasteiger partial charge in [0, 0.05) is 19.6 Å². The molecule has 0 aromatic carbocycles. The second kappa shape index (κ2) is 6.93. The molecule has 1 N–H and O–H groups in total. The molecule has 5 heteroatoms. The molecule has 0 saturated carbocycles. The van der Waals surface area contributed by atoms with Crippen LogP contribution in [0.2, 0.25) is 0 Å². The van der Waals surface area contributed by atoms with Crippen molar-refractivity contribution in [3.63, 3.8) is 0 Å². The second-order valence-corrected chi connectivity index (χ2v) is 4.44. The summed E-state index contributed by atoms with van der Waals surface area (Å²) in [5, 5.41) is 8.74. The largest absolute Gasteiger partial charge is 0.480 e. The molecule has 5 nitrogen and oxygen atoms in total. The molecule has 98 valence electrons. The fraction of sp³-hybridized carbons (Fsp3) is 0.667. The summed E-state index contributed by atoms with van der Waals surface area (Å²) < 4.78 is 0. The van der Waals surface area contributed by atoms with Gasteiger partial charge in [0.15, 0.2) is 0 Å². The number of nitrogens with zero attached hydrogens (tertiary/aromatic N) is 2. The quantitative estimate of drug-likeness (QED) is 0.720. The van der Waals surface area contributed by atoms with Crippen LogP contribution in [0.5, 0.6) is 0 Å². The van der Waals surface area contributed by atoms with Gasteiger partial charge in [-0.15, -0.1) is 6.58 Å². The van der Waals surface area contributed by atoms with Crippen LogP contribution in [0, 0.1) is 5.92 Å². The summed E-state index contributed by atoms with van der Waals surface area (Å²) in [6.45, 7) is 9.43. The number of carbonyl (C=O) groups is 2. The van der Waals surface area contributed by atoms with Crippen LogP contribution in [0.3, 0.4) is 0 Å². The molecule has 2 amide bonds. The molecule has 0 aliphatic rings. The summed E-state index contributed by atoms with van der Waals surface area (Å²) in [4.78, 5) is 25.5. The van der Waals surface area contributed by atoms with Crippen LogP contribution < -0.4 is 0 Å². The summed E-state index contributed by atoms with van der Waals surface area (Å²) in [7, 11) is 1.69. The van der Waals surface area contributed by atoms with E-state index in [0.717, 1.165) is 0 Å². The third kappa shape index (κ3) is 4.89. The molecule has 0 fully saturated rings. The zero-order chi connectivity index (χ0) is 13.6. The van der Waals surface area contributed by atoms with Crippen LogP contribution in [0.1, 0.15) is 20.8 Å². The molecule has 0 radical (unpaired) electrons. The molecule has 1 unspecified atom stereocenters. The van der Waals surface area contributed by atoms with Gasteiger partial charge in [0.25, 0.3) is 0 Å². The van der Waals surface area contributed by atoms with Crippen molar-refractivity contribution in [3.8, 4) is 0 Å². The van der Waals surface area contributed by atoms with Gasteiger partial charge in [0.2, 0.25) is 0 Å². The Morgan fingerprint density at radius 1 is 1.35 bits per heavy atom. The Labute approximate surface area is 103 Å². The summed E-state index contributed by atoms with van der Waals surface area (Å²) in [6, 6.07) is -0.225. The van der Waals surface area contributed by atoms with E-state index in [2.05, 4.69) is 6.58 Å². The highest BCUT2D eigenvalue weighted by atomic mass is 16.4. The van der Waals surface area contributed by atoms with Crippen molar-refractivity contribution in [1.29, 1.82) is 0 Å². The van der Waals surface area contributed by atoms with Crippen LogP contribution in [0.25, 0.3) is 0 Å². The van der Waals surface area contributed by atoms with Gasteiger partial charge in [0.05, 0.1) is 0 Å². The van der Waals surface area contributed by atoms with Gasteiger partial charge in [0.1, 0.15) is 6.54 Å². The molecular formula is C12H22N2O3. The highest BCUT2D eigenvalue weighted by molar-refractivity contribution is 5.80. The normalized spacial score (nSPS) is 12.1. The van der Waals surface area contributed by atoms with Crippen LogP contribution in [-0.4, -0.2) is 53.1 Å². The van der Waals surface area contributed by atoms with Crippen LogP contribution in [0.15, 0.2) is 12.7 Å². The van der Waals surface area contributed by atoms with E-state index in [1.807, 2.05) is 20.8 Å². The molecule has 0 aliphatic heterocycles. The van der Waals surface area contributed by atoms with Crippen molar-refractivity contribution in [2.24, 2.45) is 5.92 Å². The molecule has 0 aliphatic carbocycles. The van der Waals surface area contributed by atoms with E-state index in [9.17, 15) is 9.59 Å². The average Bonchev–Trinajstić information content (AvgIpc) is 2.24. The fourth-order valence-electron chi connectivity index (χ4n) is 1.37. The third-order valence-corrected chi connectivity index (χ3v) is 2.82. The van der Waals surface area contributed by atoms with Gasteiger partial charge in [-0.2, -0.15) is 0 Å². The van der Waals surface area contributed by atoms with Gasteiger partial charge in [-0.1, -0.05) is 19.9 Å². The van der Waals surface area contributed by atoms with E-state index in [4.69, 9.17) is 5.11 Å². The highest BCUT2D eigenvalue weighted by Crippen LogP contribution is 2.10. The van der Waals surface area contributed by atoms with Crippen LogP contribution in [-0.2, 0) is 4.79 Å². The summed E-state index contributed by atoms with van der Waals surface area (Å²) in [5.41, 5.74) is 0. The molecule has 1 atom stereocenters. The number of hydrogen-bond acceptors (Lipinski definition) is 2. The second-order valence-electron chi connectivity index (χ2n) is 4.44. The molecule has 17 heavy (non-hydrogen) atoms. The first-order valence-electron chi connectivity index (χ1n) is 5.65. The number of carboxylic acid groups (broad SMARTS) is 1. The van der Waals surface area contributed by atoms with E-state index in [0.29, 0.717) is 5.92 Å². The predicted octanol–water partition coefficient (Wildman–Crippen LogP) is 1.66. The minimum Gasteiger partial charge on any atom is -0.480 e. The number of carbonyl (C=O) groups excluding carboxylic acids is 1. The van der Waals surface area contributed by atoms with E-state index in [1.54, 1.807) is 11.9 Å². The number of rotatable bonds is 6. The zero-order valence-electron chi connectivity index (χ0n) is 11.0. The smallest absolute Gasteiger partial charge is 0.323 e. The molecule has 0 aromatic rings. The first-order valence-corrected chi connectivity index (χ1v) is 5.65. The topological polar surface area (TPSA) is 60.9 Å². The maximum Gasteiger partial charge on any atom is 0.323 e. The van der Waals surface area contributed by atoms with Crippen molar-refractivity contribution >= 4 is 12.0 Å². The number of urea groups is 1. The van der Waals surface area contributed by atoms with Crippen molar-refractivity contribution < 1.29 is 14.7 Å². The van der Waals surface area contributed by atoms with E-state index < -0.39 is 5.97 Å². The maximum atomic E-state index is 12.1. The Morgan fingerprint density at radius 3 is 2.24 bits per heavy atom. The van der Waals surface area contributed by atoms with E-state index >= 15 is 0 Å². The van der Waals surface area contributed by atoms with Crippen molar-refractivity contribution in [3.05, 3.63) is 12.7 Å². The standard InChI is InChI=1S/C12H22N2O3/c1-6-7-14(8-11(15)16)12(17)13(5)10(4)9(2)3/h6,9-10H,1,7-8H2,2-5H3,(H,15,16). The number of carboxylic acids is 1. The molecule has 0 heterocycles. The number of hydrogen-bond donors (Lipinski definition) is 1. The molecule has 0 saturated heterocycles. The molecule has 0 rings (SSSR count). The van der Waals surface area contributed by atoms with Crippen LogP contribution >= 0.6 is 0 Å². The molecular weight excluding hydrogens is 220 g/mol. The lowest BCUT2D eigenvalue weighted by Crippen LogP contribution is -2.48. The van der Waals surface area contributed by atoms with Gasteiger partial charge < -0.3 is 14.9 Å².